The van der Waals surface area contributed by atoms with Gasteiger partial charge in [0.2, 0.25) is 0 Å². The van der Waals surface area contributed by atoms with Gasteiger partial charge in [-0.25, -0.2) is 9.17 Å². The fraction of sp³-hybridized carbons (Fsp3) is 0.438. The van der Waals surface area contributed by atoms with Crippen LogP contribution in [0.2, 0.25) is 0 Å². The molecule has 0 spiro atoms. The van der Waals surface area contributed by atoms with Crippen molar-refractivity contribution >= 4 is 32.7 Å². The number of nitrogens with zero attached hydrogens (tertiary/aromatic N) is 2. The highest BCUT2D eigenvalue weighted by Crippen LogP contribution is 2.41. The molecule has 1 atom stereocenters. The largest absolute Gasteiger partial charge is 0.336 e. The molecular formula is C16H20N4O4S2. The van der Waals surface area contributed by atoms with Crippen molar-refractivity contribution in [2.75, 3.05) is 18.5 Å². The van der Waals surface area contributed by atoms with Gasteiger partial charge in [-0.2, -0.15) is 13.1 Å². The second-order valence-corrected chi connectivity index (χ2v) is 8.28. The lowest BCUT2D eigenvalue weighted by Crippen LogP contribution is -2.29. The van der Waals surface area contributed by atoms with Crippen molar-refractivity contribution in [1.82, 2.24) is 14.7 Å². The first kappa shape index (κ1) is 18.9. The van der Waals surface area contributed by atoms with Gasteiger partial charge in [-0.1, -0.05) is 6.92 Å². The molecule has 0 aromatic carbocycles. The average molecular weight is 396 g/mol. The van der Waals surface area contributed by atoms with Gasteiger partial charge < -0.3 is 0 Å². The van der Waals surface area contributed by atoms with Crippen LogP contribution >= 0.6 is 11.3 Å². The lowest BCUT2D eigenvalue weighted by atomic mass is 9.87. The molecule has 2 N–H and O–H groups in total. The van der Waals surface area contributed by atoms with Crippen LogP contribution in [0.25, 0.3) is 0 Å². The van der Waals surface area contributed by atoms with E-state index in [9.17, 15) is 13.2 Å². The smallest absolute Gasteiger partial charge is 0.300 e. The molecule has 26 heavy (non-hydrogen) atoms. The zero-order valence-corrected chi connectivity index (χ0v) is 15.9. The fourth-order valence-corrected chi connectivity index (χ4v) is 4.78. The average Bonchev–Trinajstić information content (AvgIpc) is 3.03. The van der Waals surface area contributed by atoms with Gasteiger partial charge in [-0.15, -0.1) is 11.3 Å². The maximum absolute atomic E-state index is 12.0. The van der Waals surface area contributed by atoms with Crippen LogP contribution in [0.4, 0.5) is 5.13 Å². The van der Waals surface area contributed by atoms with Gasteiger partial charge in [0.05, 0.1) is 5.69 Å². The van der Waals surface area contributed by atoms with Gasteiger partial charge in [-0.3, -0.25) is 15.1 Å². The number of carbonyl (C=O) groups excluding carboxylic acids is 1. The number of aryl methyl sites for hydroxylation is 1. The zero-order chi connectivity index (χ0) is 18.6. The van der Waals surface area contributed by atoms with Crippen molar-refractivity contribution in [3.05, 3.63) is 40.7 Å². The summed E-state index contributed by atoms with van der Waals surface area (Å²) < 4.78 is 29.6. The second kappa shape index (κ2) is 8.21. The van der Waals surface area contributed by atoms with E-state index in [1.807, 2.05) is 12.1 Å². The molecule has 0 bridgehead atoms. The number of fused-ring (bicyclic) bond motifs is 1. The molecule has 0 saturated carbocycles. The Morgan fingerprint density at radius 2 is 2.15 bits per heavy atom. The Bertz CT molecular complexity index is 868. The molecule has 140 valence electrons. The molecule has 0 saturated heterocycles. The molecule has 2 aromatic rings. The maximum Gasteiger partial charge on any atom is 0.336 e. The van der Waals surface area contributed by atoms with Crippen LogP contribution in [0.15, 0.2) is 24.5 Å². The van der Waals surface area contributed by atoms with Gasteiger partial charge >= 0.3 is 10.3 Å². The molecule has 1 aliphatic rings. The third-order valence-electron chi connectivity index (χ3n) is 3.97. The molecule has 3 rings (SSSR count). The standard InChI is InChI=1S/C16H20N4O4S2/c1-2-18-26(22,23)24-10-14(21)20-16-19-13-5-3-4-12(15(13)25-16)11-6-8-17-9-7-11/h6-9,12,18H,2-5,10H2,1H3,(H,19,20,21). The van der Waals surface area contributed by atoms with E-state index < -0.39 is 22.8 Å². The minimum absolute atomic E-state index is 0.194. The Labute approximate surface area is 156 Å². The normalized spacial score (nSPS) is 16.9. The second-order valence-electron chi connectivity index (χ2n) is 5.82. The Hall–Kier alpha value is -1.88. The van der Waals surface area contributed by atoms with E-state index in [4.69, 9.17) is 0 Å². The minimum Gasteiger partial charge on any atom is -0.300 e. The van der Waals surface area contributed by atoms with E-state index in [2.05, 4.69) is 24.2 Å². The summed E-state index contributed by atoms with van der Waals surface area (Å²) in [6, 6.07) is 3.99. The van der Waals surface area contributed by atoms with E-state index in [1.54, 1.807) is 19.3 Å². The van der Waals surface area contributed by atoms with Crippen LogP contribution in [0.5, 0.6) is 0 Å². The van der Waals surface area contributed by atoms with Gasteiger partial charge in [-0.05, 0) is 37.0 Å². The summed E-state index contributed by atoms with van der Waals surface area (Å²) in [7, 11) is -3.90. The Balaban J connectivity index is 1.68. The van der Waals surface area contributed by atoms with Gasteiger partial charge in [0.25, 0.3) is 5.91 Å². The quantitative estimate of drug-likeness (QED) is 0.739. The number of hydrogen-bond donors (Lipinski definition) is 2. The summed E-state index contributed by atoms with van der Waals surface area (Å²) in [5.41, 5.74) is 2.17. The SMILES string of the molecule is CCNS(=O)(=O)OCC(=O)Nc1nc2c(s1)C(c1ccncc1)CCC2. The summed E-state index contributed by atoms with van der Waals surface area (Å²) >= 11 is 1.43. The van der Waals surface area contributed by atoms with E-state index >= 15 is 0 Å². The third-order valence-corrected chi connectivity index (χ3v) is 6.17. The molecule has 1 amide bonds. The zero-order valence-electron chi connectivity index (χ0n) is 14.3. The highest BCUT2D eigenvalue weighted by atomic mass is 32.2. The third kappa shape index (κ3) is 4.64. The predicted molar refractivity (Wildman–Crippen MR) is 98.3 cm³/mol. The number of amides is 1. The monoisotopic (exact) mass is 396 g/mol. The van der Waals surface area contributed by atoms with Crippen molar-refractivity contribution in [3.63, 3.8) is 0 Å². The minimum atomic E-state index is -3.90. The number of carbonyl (C=O) groups is 1. The maximum atomic E-state index is 12.0. The number of aromatic nitrogens is 2. The van der Waals surface area contributed by atoms with E-state index in [-0.39, 0.29) is 12.5 Å². The van der Waals surface area contributed by atoms with Crippen LogP contribution in [-0.4, -0.2) is 37.4 Å². The van der Waals surface area contributed by atoms with Crippen molar-refractivity contribution in [2.24, 2.45) is 0 Å². The molecule has 1 unspecified atom stereocenters. The fourth-order valence-electron chi connectivity index (χ4n) is 2.89. The first-order valence-corrected chi connectivity index (χ1v) is 10.5. The van der Waals surface area contributed by atoms with E-state index in [0.717, 1.165) is 29.8 Å². The molecule has 2 aromatic heterocycles. The summed E-state index contributed by atoms with van der Waals surface area (Å²) in [4.78, 5) is 21.7. The lowest BCUT2D eigenvalue weighted by molar-refractivity contribution is -0.118. The molecule has 1 aliphatic carbocycles. The molecule has 2 heterocycles. The molecule has 0 radical (unpaired) electrons. The molecule has 0 aliphatic heterocycles. The van der Waals surface area contributed by atoms with Crippen LogP contribution in [0.1, 0.15) is 41.8 Å². The van der Waals surface area contributed by atoms with Crippen LogP contribution in [0, 0.1) is 0 Å². The Morgan fingerprint density at radius 3 is 2.88 bits per heavy atom. The number of pyridine rings is 1. The van der Waals surface area contributed by atoms with Crippen LogP contribution in [-0.2, 0) is 25.7 Å². The Morgan fingerprint density at radius 1 is 1.38 bits per heavy atom. The molecular weight excluding hydrogens is 376 g/mol. The summed E-state index contributed by atoms with van der Waals surface area (Å²) in [6.45, 7) is 1.23. The number of hydrogen-bond acceptors (Lipinski definition) is 7. The number of nitrogens with one attached hydrogen (secondary N) is 2. The number of thiazole rings is 1. The number of rotatable bonds is 7. The topological polar surface area (TPSA) is 110 Å². The molecule has 10 heteroatoms. The van der Waals surface area contributed by atoms with Crippen LogP contribution in [0.3, 0.4) is 0 Å². The lowest BCUT2D eigenvalue weighted by Gasteiger charge is -2.21. The van der Waals surface area contributed by atoms with Gasteiger partial charge in [0.1, 0.15) is 6.61 Å². The summed E-state index contributed by atoms with van der Waals surface area (Å²) in [6.07, 6.45) is 6.47. The van der Waals surface area contributed by atoms with E-state index in [0.29, 0.717) is 5.13 Å². The van der Waals surface area contributed by atoms with Crippen molar-refractivity contribution in [2.45, 2.75) is 32.1 Å². The van der Waals surface area contributed by atoms with E-state index in [1.165, 1.54) is 16.9 Å². The van der Waals surface area contributed by atoms with Crippen molar-refractivity contribution in [3.8, 4) is 0 Å². The highest BCUT2D eigenvalue weighted by Gasteiger charge is 2.26. The molecule has 0 fully saturated rings. The summed E-state index contributed by atoms with van der Waals surface area (Å²) in [5, 5.41) is 3.09. The van der Waals surface area contributed by atoms with Crippen molar-refractivity contribution < 1.29 is 17.4 Å². The first-order valence-electron chi connectivity index (χ1n) is 8.32. The highest BCUT2D eigenvalue weighted by molar-refractivity contribution is 7.84. The predicted octanol–water partition coefficient (Wildman–Crippen LogP) is 1.82. The summed E-state index contributed by atoms with van der Waals surface area (Å²) in [5.74, 6) is -0.312. The number of anilines is 1. The van der Waals surface area contributed by atoms with Gasteiger partial charge in [0, 0.05) is 29.7 Å². The van der Waals surface area contributed by atoms with Crippen LogP contribution < -0.4 is 10.0 Å². The van der Waals surface area contributed by atoms with Crippen molar-refractivity contribution in [1.29, 1.82) is 0 Å². The van der Waals surface area contributed by atoms with Gasteiger partial charge in [0.15, 0.2) is 5.13 Å². The Kier molecular flexibility index (Phi) is 5.97. The first-order chi connectivity index (χ1) is 12.5. The molecule has 8 nitrogen and oxygen atoms in total.